The molecule has 1 aromatic carbocycles. The van der Waals surface area contributed by atoms with Crippen molar-refractivity contribution in [1.29, 1.82) is 0 Å². The normalized spacial score (nSPS) is 10.4. The Labute approximate surface area is 99.8 Å². The molecular weight excluding hydrogens is 214 g/mol. The summed E-state index contributed by atoms with van der Waals surface area (Å²) >= 11 is 0. The first-order chi connectivity index (χ1) is 8.16. The number of aromatic nitrogens is 1. The fourth-order valence-electron chi connectivity index (χ4n) is 1.73. The van der Waals surface area contributed by atoms with Gasteiger partial charge in [-0.05, 0) is 24.4 Å². The number of anilines is 1. The number of rotatable bonds is 4. The number of aryl methyl sites for hydroxylation is 1. The minimum Gasteiger partial charge on any atom is -0.370 e. The Balaban J connectivity index is 2.27. The first-order valence-electron chi connectivity index (χ1n) is 5.54. The number of fused-ring (bicyclic) bond motifs is 1. The molecule has 4 heteroatoms. The van der Waals surface area contributed by atoms with Crippen LogP contribution in [0.2, 0.25) is 0 Å². The molecule has 0 aliphatic heterocycles. The zero-order valence-corrected chi connectivity index (χ0v) is 9.73. The molecule has 4 nitrogen and oxygen atoms in total. The van der Waals surface area contributed by atoms with Gasteiger partial charge in [0.1, 0.15) is 5.82 Å². The van der Waals surface area contributed by atoms with E-state index in [0.717, 1.165) is 16.6 Å². The van der Waals surface area contributed by atoms with Crippen LogP contribution in [0.15, 0.2) is 30.5 Å². The predicted molar refractivity (Wildman–Crippen MR) is 68.8 cm³/mol. The van der Waals surface area contributed by atoms with Crippen molar-refractivity contribution in [2.45, 2.75) is 13.3 Å². The van der Waals surface area contributed by atoms with Gasteiger partial charge in [0, 0.05) is 24.5 Å². The number of nitrogens with zero attached hydrogens (tertiary/aromatic N) is 1. The second-order valence-electron chi connectivity index (χ2n) is 4.03. The van der Waals surface area contributed by atoms with Gasteiger partial charge < -0.3 is 11.1 Å². The van der Waals surface area contributed by atoms with Crippen LogP contribution in [-0.4, -0.2) is 17.4 Å². The van der Waals surface area contributed by atoms with E-state index in [9.17, 15) is 4.79 Å². The highest BCUT2D eigenvalue weighted by Gasteiger charge is 2.02. The molecule has 0 spiro atoms. The number of carbonyl (C=O) groups is 1. The largest absolute Gasteiger partial charge is 0.370 e. The molecule has 0 saturated heterocycles. The van der Waals surface area contributed by atoms with Gasteiger partial charge in [0.15, 0.2) is 0 Å². The summed E-state index contributed by atoms with van der Waals surface area (Å²) in [5, 5.41) is 5.33. The highest BCUT2D eigenvalue weighted by molar-refractivity contribution is 5.92. The molecule has 17 heavy (non-hydrogen) atoms. The average molecular weight is 229 g/mol. The molecule has 1 aromatic heterocycles. The lowest BCUT2D eigenvalue weighted by atomic mass is 10.1. The topological polar surface area (TPSA) is 68.0 Å². The molecule has 0 atom stereocenters. The molecular formula is C13H15N3O. The Hall–Kier alpha value is -2.10. The lowest BCUT2D eigenvalue weighted by Crippen LogP contribution is -2.16. The maximum Gasteiger partial charge on any atom is 0.219 e. The summed E-state index contributed by atoms with van der Waals surface area (Å²) in [6, 6.07) is 8.17. The first-order valence-corrected chi connectivity index (χ1v) is 5.54. The van der Waals surface area contributed by atoms with Crippen LogP contribution in [0.25, 0.3) is 10.8 Å². The van der Waals surface area contributed by atoms with E-state index in [1.807, 2.05) is 13.0 Å². The van der Waals surface area contributed by atoms with Crippen LogP contribution in [-0.2, 0) is 4.79 Å². The van der Waals surface area contributed by atoms with Gasteiger partial charge in [-0.1, -0.05) is 17.7 Å². The summed E-state index contributed by atoms with van der Waals surface area (Å²) in [5.74, 6) is 0.487. The molecule has 0 aliphatic rings. The number of primary amides is 1. The zero-order valence-electron chi connectivity index (χ0n) is 9.73. The van der Waals surface area contributed by atoms with Crippen molar-refractivity contribution in [3.8, 4) is 0 Å². The van der Waals surface area contributed by atoms with Gasteiger partial charge in [-0.15, -0.1) is 0 Å². The Kier molecular flexibility index (Phi) is 3.23. The maximum absolute atomic E-state index is 10.7. The minimum absolute atomic E-state index is 0.309. The van der Waals surface area contributed by atoms with Crippen molar-refractivity contribution in [2.75, 3.05) is 11.9 Å². The molecule has 0 bridgehead atoms. The van der Waals surface area contributed by atoms with Gasteiger partial charge >= 0.3 is 0 Å². The fraction of sp³-hybridized carbons (Fsp3) is 0.231. The molecule has 2 aromatic rings. The molecule has 0 fully saturated rings. The first kappa shape index (κ1) is 11.4. The van der Waals surface area contributed by atoms with Crippen LogP contribution in [0.1, 0.15) is 12.0 Å². The second kappa shape index (κ2) is 4.82. The highest BCUT2D eigenvalue weighted by atomic mass is 16.1. The summed E-state index contributed by atoms with van der Waals surface area (Å²) in [5.41, 5.74) is 6.28. The lowest BCUT2D eigenvalue weighted by Gasteiger charge is -2.08. The number of carbonyl (C=O) groups excluding carboxylic acids is 1. The molecule has 0 saturated carbocycles. The zero-order chi connectivity index (χ0) is 12.3. The summed E-state index contributed by atoms with van der Waals surface area (Å²) in [7, 11) is 0. The monoisotopic (exact) mass is 229 g/mol. The number of amides is 1. The second-order valence-corrected chi connectivity index (χ2v) is 4.03. The minimum atomic E-state index is -0.311. The van der Waals surface area contributed by atoms with E-state index in [0.29, 0.717) is 13.0 Å². The molecule has 88 valence electrons. The highest BCUT2D eigenvalue weighted by Crippen LogP contribution is 2.21. The molecule has 1 heterocycles. The third-order valence-electron chi connectivity index (χ3n) is 2.59. The molecule has 0 aliphatic carbocycles. The molecule has 0 radical (unpaired) electrons. The smallest absolute Gasteiger partial charge is 0.219 e. The van der Waals surface area contributed by atoms with E-state index in [1.54, 1.807) is 6.20 Å². The Bertz CT molecular complexity index is 551. The number of benzene rings is 1. The maximum atomic E-state index is 10.7. The van der Waals surface area contributed by atoms with Crippen LogP contribution < -0.4 is 11.1 Å². The van der Waals surface area contributed by atoms with Crippen molar-refractivity contribution in [3.05, 3.63) is 36.0 Å². The Morgan fingerprint density at radius 1 is 1.41 bits per heavy atom. The third kappa shape index (κ3) is 2.72. The van der Waals surface area contributed by atoms with Crippen LogP contribution in [0.5, 0.6) is 0 Å². The number of nitrogens with one attached hydrogen (secondary N) is 1. The van der Waals surface area contributed by atoms with E-state index < -0.39 is 0 Å². The van der Waals surface area contributed by atoms with Crippen LogP contribution in [0, 0.1) is 6.92 Å². The van der Waals surface area contributed by atoms with Crippen LogP contribution in [0.3, 0.4) is 0 Å². The quantitative estimate of drug-likeness (QED) is 0.840. The number of pyridine rings is 1. The third-order valence-corrected chi connectivity index (χ3v) is 2.59. The van der Waals surface area contributed by atoms with Gasteiger partial charge in [-0.25, -0.2) is 4.98 Å². The lowest BCUT2D eigenvalue weighted by molar-refractivity contribution is -0.117. The van der Waals surface area contributed by atoms with Crippen LogP contribution in [0.4, 0.5) is 5.82 Å². The van der Waals surface area contributed by atoms with E-state index in [2.05, 4.69) is 28.5 Å². The summed E-state index contributed by atoms with van der Waals surface area (Å²) in [6.45, 7) is 2.55. The predicted octanol–water partition coefficient (Wildman–Crippen LogP) is 1.83. The molecule has 0 unspecified atom stereocenters. The number of hydrogen-bond acceptors (Lipinski definition) is 3. The van der Waals surface area contributed by atoms with Gasteiger partial charge in [0.2, 0.25) is 5.91 Å². The summed E-state index contributed by atoms with van der Waals surface area (Å²) < 4.78 is 0. The van der Waals surface area contributed by atoms with Crippen molar-refractivity contribution in [2.24, 2.45) is 5.73 Å². The van der Waals surface area contributed by atoms with Crippen molar-refractivity contribution in [1.82, 2.24) is 4.98 Å². The number of nitrogens with two attached hydrogens (primary N) is 1. The molecule has 3 N–H and O–H groups in total. The van der Waals surface area contributed by atoms with Crippen molar-refractivity contribution in [3.63, 3.8) is 0 Å². The van der Waals surface area contributed by atoms with Gasteiger partial charge in [-0.2, -0.15) is 0 Å². The number of hydrogen-bond donors (Lipinski definition) is 2. The van der Waals surface area contributed by atoms with E-state index >= 15 is 0 Å². The van der Waals surface area contributed by atoms with E-state index in [1.165, 1.54) is 5.56 Å². The van der Waals surface area contributed by atoms with Crippen LogP contribution >= 0.6 is 0 Å². The van der Waals surface area contributed by atoms with Gasteiger partial charge in [0.25, 0.3) is 0 Å². The van der Waals surface area contributed by atoms with Crippen molar-refractivity contribution >= 4 is 22.5 Å². The van der Waals surface area contributed by atoms with Gasteiger partial charge in [0.05, 0.1) is 0 Å². The van der Waals surface area contributed by atoms with E-state index in [4.69, 9.17) is 5.73 Å². The SMILES string of the molecule is Cc1ccc2ccnc(NCCC(N)=O)c2c1. The Morgan fingerprint density at radius 2 is 2.24 bits per heavy atom. The Morgan fingerprint density at radius 3 is 3.00 bits per heavy atom. The standard InChI is InChI=1S/C13H15N3O/c1-9-2-3-10-4-6-15-13(11(10)8-9)16-7-5-12(14)17/h2-4,6,8H,5,7H2,1H3,(H2,14,17)(H,15,16). The van der Waals surface area contributed by atoms with Gasteiger partial charge in [-0.3, -0.25) is 4.79 Å². The average Bonchev–Trinajstić information content (AvgIpc) is 2.29. The van der Waals surface area contributed by atoms with E-state index in [-0.39, 0.29) is 5.91 Å². The summed E-state index contributed by atoms with van der Waals surface area (Å²) in [6.07, 6.45) is 2.06. The summed E-state index contributed by atoms with van der Waals surface area (Å²) in [4.78, 5) is 15.0. The molecule has 1 amide bonds. The van der Waals surface area contributed by atoms with Crippen molar-refractivity contribution < 1.29 is 4.79 Å². The molecule has 2 rings (SSSR count). The fourth-order valence-corrected chi connectivity index (χ4v) is 1.73.